The number of oxazole rings is 1. The Bertz CT molecular complexity index is 1910. The number of allylic oxidation sites excluding steroid dienone is 1. The van der Waals surface area contributed by atoms with Gasteiger partial charge in [-0.15, -0.1) is 0 Å². The smallest absolute Gasteiger partial charge is 0.307 e. The Morgan fingerprint density at radius 3 is 2.35 bits per heavy atom. The van der Waals surface area contributed by atoms with Gasteiger partial charge in [-0.3, -0.25) is 14.4 Å². The summed E-state index contributed by atoms with van der Waals surface area (Å²) in [7, 11) is 0. The lowest BCUT2D eigenvalue weighted by molar-refractivity contribution is -0.151. The average Bonchev–Trinajstić information content (AvgIpc) is 3.47. The minimum absolute atomic E-state index is 0.186. The summed E-state index contributed by atoms with van der Waals surface area (Å²) in [6.45, 7) is 2.09. The molecule has 9 heteroatoms. The first-order valence-electron chi connectivity index (χ1n) is 15.0. The highest BCUT2D eigenvalue weighted by Crippen LogP contribution is 2.31. The predicted octanol–water partition coefficient (Wildman–Crippen LogP) is 7.02. The van der Waals surface area contributed by atoms with E-state index in [0.29, 0.717) is 23.5 Å². The molecule has 4 aromatic carbocycles. The van der Waals surface area contributed by atoms with Gasteiger partial charge in [0.05, 0.1) is 24.0 Å². The Morgan fingerprint density at radius 2 is 1.65 bits per heavy atom. The summed E-state index contributed by atoms with van der Waals surface area (Å²) in [5, 5.41) is 30.5. The Labute approximate surface area is 266 Å². The number of aromatic nitrogens is 1. The van der Waals surface area contributed by atoms with Crippen molar-refractivity contribution in [1.29, 1.82) is 5.26 Å². The molecular formula is C37H33N3O6. The summed E-state index contributed by atoms with van der Waals surface area (Å²) < 4.78 is 5.84. The van der Waals surface area contributed by atoms with Crippen molar-refractivity contribution < 1.29 is 29.0 Å². The van der Waals surface area contributed by atoms with Gasteiger partial charge in [0.25, 0.3) is 0 Å². The van der Waals surface area contributed by atoms with Crippen LogP contribution in [0, 0.1) is 17.2 Å². The van der Waals surface area contributed by atoms with E-state index < -0.39 is 42.6 Å². The summed E-state index contributed by atoms with van der Waals surface area (Å²) in [4.78, 5) is 43.5. The van der Waals surface area contributed by atoms with Crippen LogP contribution in [0.2, 0.25) is 0 Å². The lowest BCUT2D eigenvalue weighted by Gasteiger charge is -2.36. The molecule has 0 aliphatic heterocycles. The molecule has 232 valence electrons. The van der Waals surface area contributed by atoms with Crippen molar-refractivity contribution in [1.82, 2.24) is 9.88 Å². The number of aliphatic carboxylic acids is 2. The van der Waals surface area contributed by atoms with Gasteiger partial charge in [-0.05, 0) is 71.7 Å². The molecule has 9 nitrogen and oxygen atoms in total. The molecule has 5 rings (SSSR count). The number of fused-ring (bicyclic) bond motifs is 2. The molecule has 2 N–H and O–H groups in total. The van der Waals surface area contributed by atoms with Gasteiger partial charge < -0.3 is 19.5 Å². The molecule has 3 unspecified atom stereocenters. The van der Waals surface area contributed by atoms with Crippen molar-refractivity contribution in [2.24, 2.45) is 5.92 Å². The highest BCUT2D eigenvalue weighted by atomic mass is 16.4. The van der Waals surface area contributed by atoms with E-state index >= 15 is 0 Å². The molecule has 0 saturated heterocycles. The van der Waals surface area contributed by atoms with Gasteiger partial charge in [0.2, 0.25) is 11.8 Å². The van der Waals surface area contributed by atoms with E-state index in [2.05, 4.69) is 11.1 Å². The van der Waals surface area contributed by atoms with Crippen LogP contribution < -0.4 is 0 Å². The minimum Gasteiger partial charge on any atom is -0.481 e. The van der Waals surface area contributed by atoms with Gasteiger partial charge >= 0.3 is 11.9 Å². The van der Waals surface area contributed by atoms with Crippen LogP contribution in [0.15, 0.2) is 101 Å². The number of nitrogens with zero attached hydrogens (tertiary/aromatic N) is 3. The summed E-state index contributed by atoms with van der Waals surface area (Å²) in [6, 6.07) is 30.1. The first-order valence-corrected chi connectivity index (χ1v) is 15.0. The van der Waals surface area contributed by atoms with Crippen LogP contribution >= 0.6 is 0 Å². The standard InChI is InChI=1S/C37H33N3O6/c1-24(31(28-17-13-25(22-38)14-18-28)9-6-12-34-39-32-10-4-5-11-33(32)46-34)40(35(41)20-30(37(44)45)21-36(42)43)23-26-15-16-27-7-2-3-8-29(27)19-26/h2-8,10-19,24,30-31H,9,20-21,23H2,1H3,(H,42,43)(H,44,45). The molecular weight excluding hydrogens is 582 g/mol. The molecule has 46 heavy (non-hydrogen) atoms. The van der Waals surface area contributed by atoms with E-state index in [0.717, 1.165) is 27.4 Å². The van der Waals surface area contributed by atoms with Crippen molar-refractivity contribution in [2.75, 3.05) is 0 Å². The molecule has 3 atom stereocenters. The number of nitriles is 1. The first kappa shape index (κ1) is 31.7. The number of carbonyl (C=O) groups is 3. The Kier molecular flexibility index (Phi) is 9.88. The molecule has 0 radical (unpaired) electrons. The predicted molar refractivity (Wildman–Crippen MR) is 174 cm³/mol. The topological polar surface area (TPSA) is 145 Å². The molecule has 0 fully saturated rings. The van der Waals surface area contributed by atoms with Crippen LogP contribution in [-0.2, 0) is 20.9 Å². The molecule has 1 amide bonds. The Balaban J connectivity index is 1.49. The number of carboxylic acid groups (broad SMARTS) is 2. The number of hydrogen-bond acceptors (Lipinski definition) is 6. The van der Waals surface area contributed by atoms with E-state index in [1.54, 1.807) is 23.1 Å². The second-order valence-corrected chi connectivity index (χ2v) is 11.3. The number of carboxylic acids is 2. The monoisotopic (exact) mass is 615 g/mol. The third kappa shape index (κ3) is 7.66. The number of hydrogen-bond donors (Lipinski definition) is 2. The van der Waals surface area contributed by atoms with Crippen molar-refractivity contribution in [3.63, 3.8) is 0 Å². The second-order valence-electron chi connectivity index (χ2n) is 11.3. The molecule has 5 aromatic rings. The fourth-order valence-electron chi connectivity index (χ4n) is 5.69. The van der Waals surface area contributed by atoms with Crippen molar-refractivity contribution in [3.05, 3.63) is 120 Å². The first-order chi connectivity index (χ1) is 22.2. The molecule has 1 heterocycles. The van der Waals surface area contributed by atoms with Gasteiger partial charge in [0.1, 0.15) is 5.52 Å². The number of benzene rings is 4. The zero-order valence-corrected chi connectivity index (χ0v) is 25.2. The van der Waals surface area contributed by atoms with Crippen molar-refractivity contribution in [3.8, 4) is 6.07 Å². The van der Waals surface area contributed by atoms with Crippen LogP contribution in [0.4, 0.5) is 0 Å². The van der Waals surface area contributed by atoms with Crippen LogP contribution in [-0.4, -0.2) is 44.0 Å². The van der Waals surface area contributed by atoms with E-state index in [-0.39, 0.29) is 12.5 Å². The van der Waals surface area contributed by atoms with Crippen molar-refractivity contribution >= 4 is 45.8 Å². The largest absolute Gasteiger partial charge is 0.481 e. The normalized spacial score (nSPS) is 13.3. The van der Waals surface area contributed by atoms with E-state index in [1.807, 2.05) is 91.9 Å². The lowest BCUT2D eigenvalue weighted by Crippen LogP contribution is -2.43. The van der Waals surface area contributed by atoms with Crippen LogP contribution in [0.25, 0.3) is 27.9 Å². The zero-order chi connectivity index (χ0) is 32.6. The van der Waals surface area contributed by atoms with Crippen LogP contribution in [0.3, 0.4) is 0 Å². The Morgan fingerprint density at radius 1 is 0.935 bits per heavy atom. The maximum atomic E-state index is 14.0. The summed E-state index contributed by atoms with van der Waals surface area (Å²) in [6.07, 6.45) is 3.05. The average molecular weight is 616 g/mol. The second kappa shape index (κ2) is 14.4. The highest BCUT2D eigenvalue weighted by molar-refractivity contribution is 5.86. The van der Waals surface area contributed by atoms with Crippen LogP contribution in [0.5, 0.6) is 0 Å². The van der Waals surface area contributed by atoms with Gasteiger partial charge in [-0.2, -0.15) is 5.26 Å². The van der Waals surface area contributed by atoms with E-state index in [4.69, 9.17) is 4.42 Å². The maximum absolute atomic E-state index is 14.0. The van der Waals surface area contributed by atoms with Gasteiger partial charge in [-0.25, -0.2) is 4.98 Å². The molecule has 0 bridgehead atoms. The summed E-state index contributed by atoms with van der Waals surface area (Å²) in [5.41, 5.74) is 3.63. The van der Waals surface area contributed by atoms with E-state index in [9.17, 15) is 29.9 Å². The quantitative estimate of drug-likeness (QED) is 0.144. The number of para-hydroxylation sites is 2. The third-order valence-electron chi connectivity index (χ3n) is 8.18. The molecule has 0 aliphatic carbocycles. The number of carbonyl (C=O) groups excluding carboxylic acids is 1. The van der Waals surface area contributed by atoms with Crippen molar-refractivity contribution in [2.45, 2.75) is 44.7 Å². The fourth-order valence-corrected chi connectivity index (χ4v) is 5.69. The SMILES string of the molecule is CC(C(CC=Cc1nc2ccccc2o1)c1ccc(C#N)cc1)N(Cc1ccc2ccccc2c1)C(=O)CC(CC(=O)O)C(=O)O. The van der Waals surface area contributed by atoms with Gasteiger partial charge in [-0.1, -0.05) is 66.7 Å². The van der Waals surface area contributed by atoms with Gasteiger partial charge in [0.15, 0.2) is 5.58 Å². The minimum atomic E-state index is -1.37. The lowest BCUT2D eigenvalue weighted by atomic mass is 9.87. The molecule has 0 saturated carbocycles. The zero-order valence-electron chi connectivity index (χ0n) is 25.2. The maximum Gasteiger partial charge on any atom is 0.307 e. The number of rotatable bonds is 13. The summed E-state index contributed by atoms with van der Waals surface area (Å²) in [5.74, 6) is -4.29. The fraction of sp³-hybridized carbons (Fsp3) is 0.216. The van der Waals surface area contributed by atoms with Crippen LogP contribution in [0.1, 0.15) is 54.7 Å². The third-order valence-corrected chi connectivity index (χ3v) is 8.18. The Hall–Kier alpha value is -5.75. The highest BCUT2D eigenvalue weighted by Gasteiger charge is 2.32. The van der Waals surface area contributed by atoms with Gasteiger partial charge in [0, 0.05) is 24.9 Å². The molecule has 0 aliphatic rings. The molecule has 0 spiro atoms. The summed E-state index contributed by atoms with van der Waals surface area (Å²) >= 11 is 0. The number of amides is 1. The van der Waals surface area contributed by atoms with E-state index in [1.165, 1.54) is 0 Å². The molecule has 1 aromatic heterocycles.